The van der Waals surface area contributed by atoms with Gasteiger partial charge in [-0.15, -0.1) is 0 Å². The first-order valence-electron chi connectivity index (χ1n) is 12.2. The number of carbonyl (C=O) groups excluding carboxylic acids is 2. The maximum Gasteiger partial charge on any atom is 0.252 e. The number of para-hydroxylation sites is 2. The zero-order valence-corrected chi connectivity index (χ0v) is 22.2. The molecule has 8 heteroatoms. The van der Waals surface area contributed by atoms with Gasteiger partial charge in [-0.3, -0.25) is 9.59 Å². The summed E-state index contributed by atoms with van der Waals surface area (Å²) in [6.07, 6.45) is 1.05. The third kappa shape index (κ3) is 7.34. The molecule has 0 aliphatic rings. The second kappa shape index (κ2) is 13.6. The van der Waals surface area contributed by atoms with Crippen molar-refractivity contribution in [1.29, 1.82) is 0 Å². The fraction of sp³-hybridized carbons (Fsp3) is 0.133. The highest BCUT2D eigenvalue weighted by Crippen LogP contribution is 2.40. The molecule has 2 amide bonds. The number of nitrogens with one attached hydrogen (secondary N) is 2. The number of amides is 2. The summed E-state index contributed by atoms with van der Waals surface area (Å²) in [6, 6.07) is 28.9. The molecular formula is C30H28N2O4S2. The molecule has 4 N–H and O–H groups in total. The zero-order chi connectivity index (χ0) is 26.7. The van der Waals surface area contributed by atoms with Gasteiger partial charge in [-0.1, -0.05) is 82.3 Å². The first-order chi connectivity index (χ1) is 18.5. The molecule has 0 radical (unpaired) electrons. The molecule has 0 atom stereocenters. The maximum atomic E-state index is 12.9. The third-order valence-electron chi connectivity index (χ3n) is 5.83. The van der Waals surface area contributed by atoms with E-state index in [9.17, 15) is 19.8 Å². The summed E-state index contributed by atoms with van der Waals surface area (Å²) >= 11 is 0. The highest BCUT2D eigenvalue weighted by molar-refractivity contribution is 8.76. The first-order valence-corrected chi connectivity index (χ1v) is 14.3. The van der Waals surface area contributed by atoms with Crippen molar-refractivity contribution >= 4 is 33.4 Å². The lowest BCUT2D eigenvalue weighted by molar-refractivity contribution is 0.0943. The van der Waals surface area contributed by atoms with Crippen molar-refractivity contribution in [3.63, 3.8) is 0 Å². The van der Waals surface area contributed by atoms with Crippen molar-refractivity contribution in [2.75, 3.05) is 13.1 Å². The van der Waals surface area contributed by atoms with Gasteiger partial charge in [-0.2, -0.15) is 0 Å². The van der Waals surface area contributed by atoms with E-state index in [2.05, 4.69) is 10.6 Å². The predicted molar refractivity (Wildman–Crippen MR) is 153 cm³/mol. The Morgan fingerprint density at radius 2 is 0.921 bits per heavy atom. The molecule has 4 aromatic rings. The van der Waals surface area contributed by atoms with Gasteiger partial charge in [0.1, 0.15) is 11.5 Å². The van der Waals surface area contributed by atoms with Gasteiger partial charge in [-0.25, -0.2) is 0 Å². The number of rotatable bonds is 11. The summed E-state index contributed by atoms with van der Waals surface area (Å²) in [5.41, 5.74) is 2.65. The number of carbonyl (C=O) groups is 2. The Bertz CT molecular complexity index is 1300. The highest BCUT2D eigenvalue weighted by Gasteiger charge is 2.15. The maximum absolute atomic E-state index is 12.9. The lowest BCUT2D eigenvalue weighted by Gasteiger charge is -2.12. The van der Waals surface area contributed by atoms with Crippen molar-refractivity contribution in [2.24, 2.45) is 0 Å². The van der Waals surface area contributed by atoms with Gasteiger partial charge in [-0.05, 0) is 60.4 Å². The van der Waals surface area contributed by atoms with Gasteiger partial charge in [0.05, 0.1) is 11.1 Å². The summed E-state index contributed by atoms with van der Waals surface area (Å²) < 4.78 is 0. The Hall–Kier alpha value is -3.88. The molecule has 0 aromatic heterocycles. The van der Waals surface area contributed by atoms with Crippen LogP contribution in [0.2, 0.25) is 0 Å². The van der Waals surface area contributed by atoms with E-state index < -0.39 is 0 Å². The molecule has 0 aliphatic heterocycles. The Labute approximate surface area is 229 Å². The van der Waals surface area contributed by atoms with Gasteiger partial charge < -0.3 is 20.8 Å². The van der Waals surface area contributed by atoms with E-state index in [1.807, 2.05) is 60.7 Å². The monoisotopic (exact) mass is 544 g/mol. The van der Waals surface area contributed by atoms with Gasteiger partial charge in [0.15, 0.2) is 0 Å². The van der Waals surface area contributed by atoms with Gasteiger partial charge in [0.2, 0.25) is 0 Å². The standard InChI is InChI=1S/C30H28N2O4S2/c33-25-13-5-1-9-21(25)17-19-31-29(35)23-11-3-7-15-27(23)37-38-28-16-8-4-12-24(28)30(36)32-20-18-22-10-2-6-14-26(22)34/h1-16,33-34H,17-20H2,(H,31,35)(H,32,36). The lowest BCUT2D eigenvalue weighted by Crippen LogP contribution is -2.26. The molecule has 38 heavy (non-hydrogen) atoms. The fourth-order valence-electron chi connectivity index (χ4n) is 3.80. The molecule has 4 aromatic carbocycles. The summed E-state index contributed by atoms with van der Waals surface area (Å²) in [4.78, 5) is 27.4. The Morgan fingerprint density at radius 3 is 1.34 bits per heavy atom. The van der Waals surface area contributed by atoms with Crippen LogP contribution in [-0.2, 0) is 12.8 Å². The number of phenols is 2. The van der Waals surface area contributed by atoms with Crippen LogP contribution in [0.25, 0.3) is 0 Å². The van der Waals surface area contributed by atoms with Crippen LogP contribution in [0.1, 0.15) is 31.8 Å². The van der Waals surface area contributed by atoms with E-state index in [1.165, 1.54) is 21.6 Å². The van der Waals surface area contributed by atoms with Crippen LogP contribution in [-0.4, -0.2) is 35.1 Å². The minimum Gasteiger partial charge on any atom is -0.508 e. The summed E-state index contributed by atoms with van der Waals surface area (Å²) in [6.45, 7) is 0.790. The smallest absolute Gasteiger partial charge is 0.252 e. The number of phenolic OH excluding ortho intramolecular Hbond substituents is 2. The minimum atomic E-state index is -0.195. The molecule has 0 spiro atoms. The average molecular weight is 545 g/mol. The van der Waals surface area contributed by atoms with Gasteiger partial charge in [0, 0.05) is 22.9 Å². The topological polar surface area (TPSA) is 98.7 Å². The van der Waals surface area contributed by atoms with Crippen LogP contribution < -0.4 is 10.6 Å². The van der Waals surface area contributed by atoms with Crippen molar-refractivity contribution in [2.45, 2.75) is 22.6 Å². The van der Waals surface area contributed by atoms with Crippen molar-refractivity contribution in [3.05, 3.63) is 119 Å². The molecular weight excluding hydrogens is 516 g/mol. The highest BCUT2D eigenvalue weighted by atomic mass is 33.1. The Kier molecular flexibility index (Phi) is 9.72. The molecule has 0 saturated carbocycles. The zero-order valence-electron chi connectivity index (χ0n) is 20.6. The van der Waals surface area contributed by atoms with E-state index in [1.54, 1.807) is 36.4 Å². The predicted octanol–water partition coefficient (Wildman–Crippen LogP) is 5.84. The van der Waals surface area contributed by atoms with Crippen LogP contribution in [0.15, 0.2) is 107 Å². The van der Waals surface area contributed by atoms with Gasteiger partial charge in [0.25, 0.3) is 11.8 Å². The van der Waals surface area contributed by atoms with E-state index >= 15 is 0 Å². The van der Waals surface area contributed by atoms with Crippen molar-refractivity contribution in [3.8, 4) is 11.5 Å². The number of aromatic hydroxyl groups is 2. The van der Waals surface area contributed by atoms with Gasteiger partial charge >= 0.3 is 0 Å². The van der Waals surface area contributed by atoms with Crippen LogP contribution >= 0.6 is 21.6 Å². The molecule has 0 saturated heterocycles. The van der Waals surface area contributed by atoms with E-state index in [0.717, 1.165) is 20.9 Å². The van der Waals surface area contributed by atoms with Crippen LogP contribution in [0, 0.1) is 0 Å². The summed E-state index contributed by atoms with van der Waals surface area (Å²) in [7, 11) is 2.84. The second-order valence-electron chi connectivity index (χ2n) is 8.43. The Morgan fingerprint density at radius 1 is 0.553 bits per heavy atom. The van der Waals surface area contributed by atoms with E-state index in [0.29, 0.717) is 37.1 Å². The summed E-state index contributed by atoms with van der Waals surface area (Å²) in [5.74, 6) is 0.0451. The van der Waals surface area contributed by atoms with Crippen LogP contribution in [0.3, 0.4) is 0 Å². The normalized spacial score (nSPS) is 10.6. The van der Waals surface area contributed by atoms with Crippen LogP contribution in [0.4, 0.5) is 0 Å². The number of benzene rings is 4. The largest absolute Gasteiger partial charge is 0.508 e. The van der Waals surface area contributed by atoms with Crippen molar-refractivity contribution in [1.82, 2.24) is 10.6 Å². The van der Waals surface area contributed by atoms with Crippen molar-refractivity contribution < 1.29 is 19.8 Å². The molecule has 4 rings (SSSR count). The van der Waals surface area contributed by atoms with E-state index in [4.69, 9.17) is 0 Å². The lowest BCUT2D eigenvalue weighted by atomic mass is 10.1. The fourth-order valence-corrected chi connectivity index (χ4v) is 6.16. The molecule has 0 fully saturated rings. The quantitative estimate of drug-likeness (QED) is 0.177. The molecule has 0 heterocycles. The number of hydrogen-bond acceptors (Lipinski definition) is 6. The van der Waals surface area contributed by atoms with E-state index in [-0.39, 0.29) is 23.3 Å². The average Bonchev–Trinajstić information content (AvgIpc) is 2.94. The number of hydrogen-bond donors (Lipinski definition) is 4. The second-order valence-corrected chi connectivity index (χ2v) is 10.6. The minimum absolute atomic E-state index is 0.195. The molecule has 0 aliphatic carbocycles. The molecule has 0 unspecified atom stereocenters. The molecule has 6 nitrogen and oxygen atoms in total. The first kappa shape index (κ1) is 27.2. The summed E-state index contributed by atoms with van der Waals surface area (Å²) in [5, 5.41) is 25.7. The SMILES string of the molecule is O=C(NCCc1ccccc1O)c1ccccc1SSc1ccccc1C(=O)NCCc1ccccc1O. The third-order valence-corrected chi connectivity index (χ3v) is 8.31. The Balaban J connectivity index is 1.35. The van der Waals surface area contributed by atoms with Crippen LogP contribution in [0.5, 0.6) is 11.5 Å². The molecule has 194 valence electrons. The molecule has 0 bridgehead atoms.